The summed E-state index contributed by atoms with van der Waals surface area (Å²) in [5, 5.41) is 0. The molecule has 0 aromatic heterocycles. The summed E-state index contributed by atoms with van der Waals surface area (Å²) in [7, 11) is -23.0. The van der Waals surface area contributed by atoms with Gasteiger partial charge in [0.05, 0.1) is 6.67 Å². The number of hydrogen-bond acceptors (Lipinski definition) is 4. The van der Waals surface area contributed by atoms with Crippen LogP contribution in [-0.4, -0.2) is 54.7 Å². The molecule has 116 valence electrons. The first-order chi connectivity index (χ1) is 7.97. The second-order valence-corrected chi connectivity index (χ2v) is 9.61. The first kappa shape index (κ1) is 19.5. The van der Waals surface area contributed by atoms with Crippen molar-refractivity contribution in [3.8, 4) is 0 Å². The number of nitrogens with zero attached hydrogens (tertiary/aromatic N) is 2. The summed E-state index contributed by atoms with van der Waals surface area (Å²) in [6, 6.07) is 0. The largest absolute Gasteiger partial charge is 0.413 e. The highest BCUT2D eigenvalue weighted by Gasteiger charge is 2.48. The van der Waals surface area contributed by atoms with E-state index in [-0.39, 0.29) is 0 Å². The lowest BCUT2D eigenvalue weighted by molar-refractivity contribution is 0.219. The van der Waals surface area contributed by atoms with E-state index in [1.807, 2.05) is 0 Å². The summed E-state index contributed by atoms with van der Waals surface area (Å²) in [5.74, 6) is 0. The quantitative estimate of drug-likeness (QED) is 0.186. The fourth-order valence-corrected chi connectivity index (χ4v) is 4.74. The van der Waals surface area contributed by atoms with Crippen molar-refractivity contribution in [1.29, 1.82) is 0 Å². The SMILES string of the molecule is O=P(O)(O)N(CN(P(=O)(O)O)P(=O)(O)O)P(=O)(O)O. The van der Waals surface area contributed by atoms with Crippen molar-refractivity contribution >= 4 is 31.0 Å². The van der Waals surface area contributed by atoms with Crippen LogP contribution in [-0.2, 0) is 18.3 Å². The maximum Gasteiger partial charge on any atom is 0.413 e. The lowest BCUT2D eigenvalue weighted by atomic mass is 11.3. The van der Waals surface area contributed by atoms with Crippen LogP contribution in [0.5, 0.6) is 0 Å². The zero-order valence-corrected chi connectivity index (χ0v) is 12.2. The minimum absolute atomic E-state index is 1.06. The van der Waals surface area contributed by atoms with Gasteiger partial charge in [0.15, 0.2) is 0 Å². The highest BCUT2D eigenvalue weighted by atomic mass is 31.3. The van der Waals surface area contributed by atoms with Gasteiger partial charge in [-0.05, 0) is 0 Å². The molecule has 0 aromatic rings. The summed E-state index contributed by atoms with van der Waals surface area (Å²) in [4.78, 5) is 68.8. The van der Waals surface area contributed by atoms with Gasteiger partial charge in [-0.2, -0.15) is 0 Å². The molecule has 0 aliphatic heterocycles. The molecule has 0 fully saturated rings. The van der Waals surface area contributed by atoms with Crippen LogP contribution in [0.25, 0.3) is 0 Å². The molecule has 0 saturated carbocycles. The fourth-order valence-electron chi connectivity index (χ4n) is 0.746. The lowest BCUT2D eigenvalue weighted by Crippen LogP contribution is -2.30. The first-order valence-electron chi connectivity index (χ1n) is 3.76. The minimum atomic E-state index is -5.75. The van der Waals surface area contributed by atoms with Crippen LogP contribution in [0.3, 0.4) is 0 Å². The van der Waals surface area contributed by atoms with Gasteiger partial charge >= 0.3 is 31.0 Å². The second-order valence-electron chi connectivity index (χ2n) is 2.94. The van der Waals surface area contributed by atoms with Crippen LogP contribution in [0.4, 0.5) is 0 Å². The lowest BCUT2D eigenvalue weighted by Gasteiger charge is -2.30. The molecule has 0 heterocycles. The van der Waals surface area contributed by atoms with Gasteiger partial charge in [-0.25, -0.2) is 18.3 Å². The molecule has 0 bridgehead atoms. The normalized spacial score (nSPS) is 15.3. The van der Waals surface area contributed by atoms with E-state index in [0.717, 1.165) is 0 Å². The van der Waals surface area contributed by atoms with E-state index in [4.69, 9.17) is 39.1 Å². The van der Waals surface area contributed by atoms with Gasteiger partial charge in [-0.1, -0.05) is 8.88 Å². The Balaban J connectivity index is 5.69. The summed E-state index contributed by atoms with van der Waals surface area (Å²) >= 11 is 0. The first-order valence-corrected chi connectivity index (χ1v) is 10.0. The van der Waals surface area contributed by atoms with Crippen molar-refractivity contribution in [2.24, 2.45) is 0 Å². The Hall–Kier alpha value is 0.520. The van der Waals surface area contributed by atoms with Crippen molar-refractivity contribution in [3.05, 3.63) is 0 Å². The van der Waals surface area contributed by atoms with Crippen molar-refractivity contribution < 1.29 is 57.4 Å². The molecule has 18 heteroatoms. The van der Waals surface area contributed by atoms with Crippen LogP contribution in [0.1, 0.15) is 0 Å². The van der Waals surface area contributed by atoms with E-state index in [2.05, 4.69) is 0 Å². The predicted octanol–water partition coefficient (Wildman–Crippen LogP) is -2.08. The molecule has 14 nitrogen and oxygen atoms in total. The molecule has 0 unspecified atom stereocenters. The highest BCUT2D eigenvalue weighted by Crippen LogP contribution is 2.64. The Morgan fingerprint density at radius 3 is 0.789 bits per heavy atom. The van der Waals surface area contributed by atoms with Crippen molar-refractivity contribution in [1.82, 2.24) is 8.88 Å². The molecule has 0 radical (unpaired) electrons. The van der Waals surface area contributed by atoms with Crippen molar-refractivity contribution in [2.75, 3.05) is 6.67 Å². The molecule has 0 saturated heterocycles. The summed E-state index contributed by atoms with van der Waals surface area (Å²) < 4.78 is 40.9. The van der Waals surface area contributed by atoms with Gasteiger partial charge in [0.1, 0.15) is 0 Å². The zero-order valence-electron chi connectivity index (χ0n) is 8.60. The van der Waals surface area contributed by atoms with E-state index >= 15 is 0 Å². The van der Waals surface area contributed by atoms with Crippen LogP contribution in [0.2, 0.25) is 0 Å². The molecular weight excluding hydrogens is 356 g/mol. The van der Waals surface area contributed by atoms with E-state index in [0.29, 0.717) is 0 Å². The van der Waals surface area contributed by atoms with E-state index < -0.39 is 46.5 Å². The predicted molar refractivity (Wildman–Crippen MR) is 56.7 cm³/mol. The third kappa shape index (κ3) is 6.21. The third-order valence-corrected chi connectivity index (χ3v) is 7.16. The zero-order chi connectivity index (χ0) is 15.9. The van der Waals surface area contributed by atoms with Gasteiger partial charge in [-0.15, -0.1) is 0 Å². The van der Waals surface area contributed by atoms with Crippen LogP contribution >= 0.6 is 31.0 Å². The molecule has 0 aliphatic rings. The van der Waals surface area contributed by atoms with Gasteiger partial charge in [0.25, 0.3) is 0 Å². The highest BCUT2D eigenvalue weighted by molar-refractivity contribution is 7.66. The van der Waals surface area contributed by atoms with E-state index in [1.54, 1.807) is 0 Å². The monoisotopic (exact) mass is 366 g/mol. The van der Waals surface area contributed by atoms with Crippen molar-refractivity contribution in [2.45, 2.75) is 0 Å². The molecule has 19 heavy (non-hydrogen) atoms. The van der Waals surface area contributed by atoms with Gasteiger partial charge in [0, 0.05) is 0 Å². The summed E-state index contributed by atoms with van der Waals surface area (Å²) in [5.41, 5.74) is 0. The Bertz CT molecular complexity index is 412. The molecule has 0 spiro atoms. The Morgan fingerprint density at radius 2 is 0.684 bits per heavy atom. The molecule has 0 atom stereocenters. The second kappa shape index (κ2) is 5.72. The average Bonchev–Trinajstić information content (AvgIpc) is 1.91. The van der Waals surface area contributed by atoms with E-state index in [1.165, 1.54) is 0 Å². The molecule has 0 aromatic carbocycles. The number of hydrogen-bond donors (Lipinski definition) is 8. The van der Waals surface area contributed by atoms with Gasteiger partial charge in [-0.3, -0.25) is 0 Å². The summed E-state index contributed by atoms with van der Waals surface area (Å²) in [6.07, 6.45) is 0. The van der Waals surface area contributed by atoms with Crippen molar-refractivity contribution in [3.63, 3.8) is 0 Å². The number of rotatable bonds is 6. The van der Waals surface area contributed by atoms with Crippen LogP contribution < -0.4 is 0 Å². The average molecular weight is 366 g/mol. The van der Waals surface area contributed by atoms with Gasteiger partial charge in [0.2, 0.25) is 0 Å². The Morgan fingerprint density at radius 1 is 0.526 bits per heavy atom. The molecule has 8 N–H and O–H groups in total. The molecular formula is CH10N2O12P4. The molecule has 0 rings (SSSR count). The van der Waals surface area contributed by atoms with Crippen LogP contribution in [0, 0.1) is 0 Å². The standard InChI is InChI=1S/CH10N2O12P4/c4-16(5,6)2(17(7,8)9)1-3(18(10,11)12)19(13,14)15/h1H2,(H2,4,5,6)(H2,7,8,9)(H2,10,11,12)(H2,13,14,15). The Labute approximate surface area is 105 Å². The molecule has 0 aliphatic carbocycles. The van der Waals surface area contributed by atoms with Gasteiger partial charge < -0.3 is 39.1 Å². The maximum absolute atomic E-state index is 10.8. The Kier molecular flexibility index (Phi) is 5.88. The maximum atomic E-state index is 10.8. The smallest absolute Gasteiger partial charge is 0.312 e. The summed E-state index contributed by atoms with van der Waals surface area (Å²) in [6.45, 7) is -2.07. The van der Waals surface area contributed by atoms with E-state index in [9.17, 15) is 18.3 Å². The third-order valence-electron chi connectivity index (χ3n) is 1.46. The molecule has 0 amide bonds. The minimum Gasteiger partial charge on any atom is -0.312 e. The topological polar surface area (TPSA) is 237 Å². The fraction of sp³-hybridized carbons (Fsp3) is 1.00. The van der Waals surface area contributed by atoms with Crippen LogP contribution in [0.15, 0.2) is 0 Å².